The molecule has 0 amide bonds. The monoisotopic (exact) mass is 152 g/mol. The third kappa shape index (κ3) is 0.800. The average Bonchev–Trinajstić information content (AvgIpc) is 2.04. The molecule has 3 atom stereocenters. The first-order valence-electron chi connectivity index (χ1n) is 4.61. The fourth-order valence-corrected chi connectivity index (χ4v) is 3.03. The van der Waals surface area contributed by atoms with Crippen LogP contribution in [0.15, 0.2) is 0 Å². The summed E-state index contributed by atoms with van der Waals surface area (Å²) >= 11 is 0. The Morgan fingerprint density at radius 2 is 2.09 bits per heavy atom. The molecule has 1 unspecified atom stereocenters. The molecule has 3 rings (SSSR count). The predicted octanol–water partition coefficient (Wildman–Crippen LogP) is 2.26. The number of rotatable bonds is 1. The van der Waals surface area contributed by atoms with Crippen molar-refractivity contribution in [1.82, 2.24) is 0 Å². The lowest BCUT2D eigenvalue weighted by Gasteiger charge is -2.59. The third-order valence-electron chi connectivity index (χ3n) is 4.09. The third-order valence-corrected chi connectivity index (χ3v) is 4.09. The van der Waals surface area contributed by atoms with Gasteiger partial charge in [0.2, 0.25) is 0 Å². The molecule has 1 nitrogen and oxygen atoms in total. The van der Waals surface area contributed by atoms with Crippen molar-refractivity contribution < 1.29 is 4.79 Å². The lowest BCUT2D eigenvalue weighted by Crippen LogP contribution is -2.52. The van der Waals surface area contributed by atoms with Crippen LogP contribution >= 0.6 is 0 Å². The van der Waals surface area contributed by atoms with E-state index in [1.54, 1.807) is 0 Å². The molecule has 11 heavy (non-hydrogen) atoms. The van der Waals surface area contributed by atoms with Gasteiger partial charge in [-0.05, 0) is 36.5 Å². The quantitative estimate of drug-likeness (QED) is 0.527. The van der Waals surface area contributed by atoms with Crippen LogP contribution in [0.5, 0.6) is 0 Å². The van der Waals surface area contributed by atoms with Gasteiger partial charge in [0.15, 0.2) is 0 Å². The highest BCUT2D eigenvalue weighted by molar-refractivity contribution is 5.55. The van der Waals surface area contributed by atoms with Crippen LogP contribution in [0.2, 0.25) is 0 Å². The van der Waals surface area contributed by atoms with Crippen LogP contribution in [0, 0.1) is 23.2 Å². The maximum atomic E-state index is 10.7. The summed E-state index contributed by atoms with van der Waals surface area (Å²) in [4.78, 5) is 10.7. The second-order valence-corrected chi connectivity index (χ2v) is 4.74. The molecule has 0 N–H and O–H groups in total. The van der Waals surface area contributed by atoms with Crippen molar-refractivity contribution >= 4 is 6.29 Å². The van der Waals surface area contributed by atoms with Crippen LogP contribution in [-0.4, -0.2) is 6.29 Å². The van der Waals surface area contributed by atoms with Gasteiger partial charge in [-0.25, -0.2) is 0 Å². The van der Waals surface area contributed by atoms with Crippen molar-refractivity contribution in [3.63, 3.8) is 0 Å². The number of fused-ring (bicyclic) bond motifs is 2. The molecule has 62 valence electrons. The summed E-state index contributed by atoms with van der Waals surface area (Å²) in [6.45, 7) is 4.64. The van der Waals surface area contributed by atoms with E-state index in [4.69, 9.17) is 0 Å². The van der Waals surface area contributed by atoms with Crippen LogP contribution in [0.3, 0.4) is 0 Å². The van der Waals surface area contributed by atoms with Gasteiger partial charge in [0, 0.05) is 5.92 Å². The van der Waals surface area contributed by atoms with Crippen molar-refractivity contribution in [3.8, 4) is 0 Å². The number of hydrogen-bond acceptors (Lipinski definition) is 1. The lowest BCUT2D eigenvalue weighted by molar-refractivity contribution is -0.134. The fraction of sp³-hybridized carbons (Fsp3) is 0.900. The molecule has 0 spiro atoms. The molecule has 3 saturated carbocycles. The van der Waals surface area contributed by atoms with Gasteiger partial charge < -0.3 is 4.79 Å². The SMILES string of the molecule is CC1(C)[C@H]2CCC(C=O)[C@@H]1C2. The number of carbonyl (C=O) groups is 1. The Bertz CT molecular complexity index is 181. The summed E-state index contributed by atoms with van der Waals surface area (Å²) in [5.74, 6) is 2.01. The number of hydrogen-bond donors (Lipinski definition) is 0. The van der Waals surface area contributed by atoms with E-state index >= 15 is 0 Å². The van der Waals surface area contributed by atoms with Gasteiger partial charge in [-0.15, -0.1) is 0 Å². The van der Waals surface area contributed by atoms with Crippen molar-refractivity contribution in [2.45, 2.75) is 33.1 Å². The molecular weight excluding hydrogens is 136 g/mol. The zero-order chi connectivity index (χ0) is 8.06. The Balaban J connectivity index is 2.16. The van der Waals surface area contributed by atoms with Gasteiger partial charge in [-0.1, -0.05) is 13.8 Å². The lowest BCUT2D eigenvalue weighted by atomic mass is 9.46. The molecule has 2 bridgehead atoms. The largest absolute Gasteiger partial charge is 0.303 e. The van der Waals surface area contributed by atoms with Crippen molar-refractivity contribution in [2.75, 3.05) is 0 Å². The summed E-state index contributed by atoms with van der Waals surface area (Å²) in [6, 6.07) is 0. The molecule has 1 heteroatoms. The molecule has 3 aliphatic rings. The molecule has 3 aliphatic carbocycles. The Hall–Kier alpha value is -0.330. The van der Waals surface area contributed by atoms with E-state index in [0.29, 0.717) is 17.3 Å². The van der Waals surface area contributed by atoms with E-state index in [2.05, 4.69) is 13.8 Å². The zero-order valence-electron chi connectivity index (χ0n) is 7.34. The van der Waals surface area contributed by atoms with Crippen LogP contribution in [0.1, 0.15) is 33.1 Å². The van der Waals surface area contributed by atoms with Gasteiger partial charge in [0.05, 0.1) is 0 Å². The minimum Gasteiger partial charge on any atom is -0.303 e. The first-order chi connectivity index (χ1) is 5.16. The predicted molar refractivity (Wildman–Crippen MR) is 44.2 cm³/mol. The van der Waals surface area contributed by atoms with Gasteiger partial charge in [0.25, 0.3) is 0 Å². The zero-order valence-corrected chi connectivity index (χ0v) is 7.34. The van der Waals surface area contributed by atoms with E-state index in [1.807, 2.05) is 0 Å². The van der Waals surface area contributed by atoms with E-state index in [-0.39, 0.29) is 0 Å². The Kier molecular flexibility index (Phi) is 1.39. The summed E-state index contributed by atoms with van der Waals surface area (Å²) in [6.07, 6.45) is 4.94. The van der Waals surface area contributed by atoms with Gasteiger partial charge in [-0.2, -0.15) is 0 Å². The average molecular weight is 152 g/mol. The molecule has 0 radical (unpaired) electrons. The number of carbonyl (C=O) groups excluding carboxylic acids is 1. The Morgan fingerprint density at radius 3 is 2.45 bits per heavy atom. The Labute approximate surface area is 68.2 Å². The van der Waals surface area contributed by atoms with Crippen LogP contribution in [-0.2, 0) is 4.79 Å². The summed E-state index contributed by atoms with van der Waals surface area (Å²) in [5.41, 5.74) is 0.476. The second-order valence-electron chi connectivity index (χ2n) is 4.74. The molecule has 0 heterocycles. The maximum Gasteiger partial charge on any atom is 0.123 e. The van der Waals surface area contributed by atoms with Crippen molar-refractivity contribution in [1.29, 1.82) is 0 Å². The van der Waals surface area contributed by atoms with Gasteiger partial charge in [-0.3, -0.25) is 0 Å². The molecule has 0 saturated heterocycles. The normalized spacial score (nSPS) is 46.2. The summed E-state index contributed by atoms with van der Waals surface area (Å²) in [5, 5.41) is 0. The highest BCUT2D eigenvalue weighted by Crippen LogP contribution is 2.60. The topological polar surface area (TPSA) is 17.1 Å². The summed E-state index contributed by atoms with van der Waals surface area (Å²) in [7, 11) is 0. The van der Waals surface area contributed by atoms with Crippen LogP contribution in [0.4, 0.5) is 0 Å². The summed E-state index contributed by atoms with van der Waals surface area (Å²) < 4.78 is 0. The van der Waals surface area contributed by atoms with E-state index < -0.39 is 0 Å². The molecule has 0 aliphatic heterocycles. The Morgan fingerprint density at radius 1 is 1.36 bits per heavy atom. The first-order valence-corrected chi connectivity index (χ1v) is 4.61. The molecular formula is C10H16O. The molecule has 0 aromatic heterocycles. The van der Waals surface area contributed by atoms with Crippen molar-refractivity contribution in [2.24, 2.45) is 23.2 Å². The fourth-order valence-electron chi connectivity index (χ4n) is 3.03. The minimum atomic E-state index is 0.384. The first kappa shape index (κ1) is 7.33. The highest BCUT2D eigenvalue weighted by atomic mass is 16.1. The van der Waals surface area contributed by atoms with Gasteiger partial charge >= 0.3 is 0 Å². The second kappa shape index (κ2) is 2.09. The van der Waals surface area contributed by atoms with E-state index in [1.165, 1.54) is 19.1 Å². The molecule has 0 aromatic carbocycles. The minimum absolute atomic E-state index is 0.384. The van der Waals surface area contributed by atoms with Crippen molar-refractivity contribution in [3.05, 3.63) is 0 Å². The van der Waals surface area contributed by atoms with E-state index in [9.17, 15) is 4.79 Å². The maximum absolute atomic E-state index is 10.7. The smallest absolute Gasteiger partial charge is 0.123 e. The van der Waals surface area contributed by atoms with Gasteiger partial charge in [0.1, 0.15) is 6.29 Å². The van der Waals surface area contributed by atoms with Crippen LogP contribution < -0.4 is 0 Å². The van der Waals surface area contributed by atoms with Crippen LogP contribution in [0.25, 0.3) is 0 Å². The molecule has 3 fully saturated rings. The van der Waals surface area contributed by atoms with E-state index in [0.717, 1.165) is 12.3 Å². The number of aldehydes is 1. The standard InChI is InChI=1S/C10H16O/c1-10(2)8-4-3-7(6-11)9(10)5-8/h6-9H,3-5H2,1-2H3/t7?,8-,9-/m0/s1. The molecule has 0 aromatic rings. The highest BCUT2D eigenvalue weighted by Gasteiger charge is 2.53.